The van der Waals surface area contributed by atoms with Crippen LogP contribution < -0.4 is 10.1 Å². The molecule has 88 valence electrons. The molecule has 3 nitrogen and oxygen atoms in total. The molecule has 0 radical (unpaired) electrons. The van der Waals surface area contributed by atoms with Gasteiger partial charge < -0.3 is 10.1 Å². The van der Waals surface area contributed by atoms with Crippen molar-refractivity contribution in [3.63, 3.8) is 0 Å². The van der Waals surface area contributed by atoms with Crippen molar-refractivity contribution in [1.29, 1.82) is 0 Å². The highest BCUT2D eigenvalue weighted by Crippen LogP contribution is 2.23. The van der Waals surface area contributed by atoms with Crippen LogP contribution in [0.4, 0.5) is 0 Å². The SMILES string of the molecule is COc1cc(Br)ccc1C(=O)NCC(C)Cl. The van der Waals surface area contributed by atoms with Gasteiger partial charge in [-0.1, -0.05) is 15.9 Å². The van der Waals surface area contributed by atoms with Crippen molar-refractivity contribution in [2.45, 2.75) is 12.3 Å². The average molecular weight is 307 g/mol. The maximum absolute atomic E-state index is 11.8. The van der Waals surface area contributed by atoms with E-state index in [1.165, 1.54) is 7.11 Å². The number of methoxy groups -OCH3 is 1. The van der Waals surface area contributed by atoms with Crippen LogP contribution in [-0.2, 0) is 0 Å². The first-order chi connectivity index (χ1) is 7.54. The summed E-state index contributed by atoms with van der Waals surface area (Å²) in [5, 5.41) is 2.63. The minimum Gasteiger partial charge on any atom is -0.496 e. The number of nitrogens with one attached hydrogen (secondary N) is 1. The van der Waals surface area contributed by atoms with Crippen molar-refractivity contribution in [3.05, 3.63) is 28.2 Å². The van der Waals surface area contributed by atoms with Crippen molar-refractivity contribution < 1.29 is 9.53 Å². The van der Waals surface area contributed by atoms with Crippen LogP contribution in [0.5, 0.6) is 5.75 Å². The van der Waals surface area contributed by atoms with Crippen LogP contribution in [-0.4, -0.2) is 24.9 Å². The monoisotopic (exact) mass is 305 g/mol. The van der Waals surface area contributed by atoms with Crippen LogP contribution in [0.25, 0.3) is 0 Å². The lowest BCUT2D eigenvalue weighted by molar-refractivity contribution is 0.0951. The number of hydrogen-bond donors (Lipinski definition) is 1. The minimum atomic E-state index is -0.183. The zero-order chi connectivity index (χ0) is 12.1. The van der Waals surface area contributed by atoms with E-state index in [1.807, 2.05) is 6.92 Å². The fraction of sp³-hybridized carbons (Fsp3) is 0.364. The Morgan fingerprint density at radius 1 is 1.62 bits per heavy atom. The number of amides is 1. The van der Waals surface area contributed by atoms with Gasteiger partial charge in [0.25, 0.3) is 5.91 Å². The Balaban J connectivity index is 2.82. The molecular formula is C11H13BrClNO2. The van der Waals surface area contributed by atoms with E-state index in [0.717, 1.165) is 4.47 Å². The minimum absolute atomic E-state index is 0.0922. The topological polar surface area (TPSA) is 38.3 Å². The molecule has 0 saturated heterocycles. The maximum Gasteiger partial charge on any atom is 0.255 e. The number of halogens is 2. The smallest absolute Gasteiger partial charge is 0.255 e. The van der Waals surface area contributed by atoms with Crippen LogP contribution in [0.2, 0.25) is 0 Å². The molecule has 0 heterocycles. The number of benzene rings is 1. The van der Waals surface area contributed by atoms with E-state index in [2.05, 4.69) is 21.2 Å². The van der Waals surface area contributed by atoms with Gasteiger partial charge in [-0.25, -0.2) is 0 Å². The lowest BCUT2D eigenvalue weighted by Gasteiger charge is -2.10. The summed E-state index contributed by atoms with van der Waals surface area (Å²) in [5.74, 6) is 0.353. The lowest BCUT2D eigenvalue weighted by atomic mass is 10.2. The molecular weight excluding hydrogens is 293 g/mol. The number of carbonyl (C=O) groups excluding carboxylic acids is 1. The van der Waals surface area contributed by atoms with Gasteiger partial charge in [-0.05, 0) is 25.1 Å². The third-order valence-corrected chi connectivity index (χ3v) is 2.60. The van der Waals surface area contributed by atoms with Gasteiger partial charge >= 0.3 is 0 Å². The van der Waals surface area contributed by atoms with E-state index in [0.29, 0.717) is 17.9 Å². The third kappa shape index (κ3) is 3.68. The third-order valence-electron chi connectivity index (χ3n) is 1.95. The second kappa shape index (κ2) is 6.11. The van der Waals surface area contributed by atoms with E-state index in [-0.39, 0.29) is 11.3 Å². The molecule has 0 fully saturated rings. The van der Waals surface area contributed by atoms with Gasteiger partial charge in [0.05, 0.1) is 12.7 Å². The summed E-state index contributed by atoms with van der Waals surface area (Å²) >= 11 is 9.07. The van der Waals surface area contributed by atoms with Crippen molar-refractivity contribution >= 4 is 33.4 Å². The van der Waals surface area contributed by atoms with Crippen molar-refractivity contribution in [2.75, 3.05) is 13.7 Å². The van der Waals surface area contributed by atoms with E-state index < -0.39 is 0 Å². The largest absolute Gasteiger partial charge is 0.496 e. The summed E-state index contributed by atoms with van der Waals surface area (Å²) in [5.41, 5.74) is 0.503. The fourth-order valence-corrected chi connectivity index (χ4v) is 1.60. The maximum atomic E-state index is 11.8. The van der Waals surface area contributed by atoms with Crippen LogP contribution in [0.3, 0.4) is 0 Å². The van der Waals surface area contributed by atoms with Gasteiger partial charge in [-0.2, -0.15) is 0 Å². The Kier molecular flexibility index (Phi) is 5.09. The second-order valence-electron chi connectivity index (χ2n) is 3.34. The predicted octanol–water partition coefficient (Wildman–Crippen LogP) is 2.81. The highest BCUT2D eigenvalue weighted by atomic mass is 79.9. The number of ether oxygens (including phenoxy) is 1. The van der Waals surface area contributed by atoms with Gasteiger partial charge in [0.1, 0.15) is 5.75 Å². The van der Waals surface area contributed by atoms with Crippen molar-refractivity contribution in [3.8, 4) is 5.75 Å². The summed E-state index contributed by atoms with van der Waals surface area (Å²) < 4.78 is 6.00. The van der Waals surface area contributed by atoms with Gasteiger partial charge in [0.2, 0.25) is 0 Å². The fourth-order valence-electron chi connectivity index (χ4n) is 1.18. The molecule has 1 atom stereocenters. The Bertz CT molecular complexity index is 382. The van der Waals surface area contributed by atoms with Gasteiger partial charge in [0.15, 0.2) is 0 Å². The molecule has 0 aliphatic heterocycles. The Labute approximate surface area is 108 Å². The van der Waals surface area contributed by atoms with Crippen LogP contribution >= 0.6 is 27.5 Å². The number of alkyl halides is 1. The molecule has 1 rings (SSSR count). The highest BCUT2D eigenvalue weighted by Gasteiger charge is 2.12. The Morgan fingerprint density at radius 2 is 2.31 bits per heavy atom. The zero-order valence-electron chi connectivity index (χ0n) is 9.09. The molecule has 1 amide bonds. The van der Waals surface area contributed by atoms with E-state index >= 15 is 0 Å². The predicted molar refractivity (Wildman–Crippen MR) is 68.3 cm³/mol. The van der Waals surface area contributed by atoms with E-state index in [1.54, 1.807) is 18.2 Å². The summed E-state index contributed by atoms with van der Waals surface area (Å²) in [6.07, 6.45) is 0. The van der Waals surface area contributed by atoms with E-state index in [4.69, 9.17) is 16.3 Å². The molecule has 1 aromatic carbocycles. The summed E-state index contributed by atoms with van der Waals surface area (Å²) in [6, 6.07) is 5.25. The van der Waals surface area contributed by atoms with Crippen LogP contribution in [0, 0.1) is 0 Å². The first-order valence-electron chi connectivity index (χ1n) is 4.80. The zero-order valence-corrected chi connectivity index (χ0v) is 11.4. The molecule has 5 heteroatoms. The second-order valence-corrected chi connectivity index (χ2v) is 5.00. The first-order valence-corrected chi connectivity index (χ1v) is 6.03. The van der Waals surface area contributed by atoms with Gasteiger partial charge in [-0.3, -0.25) is 4.79 Å². The molecule has 0 aliphatic rings. The first kappa shape index (κ1) is 13.3. The molecule has 0 aliphatic carbocycles. The normalized spacial score (nSPS) is 12.0. The van der Waals surface area contributed by atoms with Crippen LogP contribution in [0.15, 0.2) is 22.7 Å². The molecule has 0 saturated carbocycles. The number of carbonyl (C=O) groups is 1. The molecule has 1 aromatic rings. The van der Waals surface area contributed by atoms with Gasteiger partial charge in [-0.15, -0.1) is 11.6 Å². The number of rotatable bonds is 4. The molecule has 0 bridgehead atoms. The Morgan fingerprint density at radius 3 is 2.88 bits per heavy atom. The van der Waals surface area contributed by atoms with E-state index in [9.17, 15) is 4.79 Å². The molecule has 16 heavy (non-hydrogen) atoms. The van der Waals surface area contributed by atoms with Crippen LogP contribution in [0.1, 0.15) is 17.3 Å². The van der Waals surface area contributed by atoms with Crippen molar-refractivity contribution in [1.82, 2.24) is 5.32 Å². The van der Waals surface area contributed by atoms with Crippen molar-refractivity contribution in [2.24, 2.45) is 0 Å². The Hall–Kier alpha value is -0.740. The summed E-state index contributed by atoms with van der Waals surface area (Å²) in [7, 11) is 1.53. The standard InChI is InChI=1S/C11H13BrClNO2/c1-7(13)6-14-11(15)9-4-3-8(12)5-10(9)16-2/h3-5,7H,6H2,1-2H3,(H,14,15). The van der Waals surface area contributed by atoms with Gasteiger partial charge in [0, 0.05) is 16.4 Å². The molecule has 0 aromatic heterocycles. The highest BCUT2D eigenvalue weighted by molar-refractivity contribution is 9.10. The quantitative estimate of drug-likeness (QED) is 0.869. The molecule has 0 spiro atoms. The molecule has 1 N–H and O–H groups in total. The summed E-state index contributed by atoms with van der Waals surface area (Å²) in [4.78, 5) is 11.8. The average Bonchev–Trinajstić information content (AvgIpc) is 2.25. The number of hydrogen-bond acceptors (Lipinski definition) is 2. The lowest BCUT2D eigenvalue weighted by Crippen LogP contribution is -2.28. The molecule has 1 unspecified atom stereocenters. The summed E-state index contributed by atoms with van der Waals surface area (Å²) in [6.45, 7) is 2.25.